The molecule has 0 aromatic carbocycles. The molecular formula is C11H15BrClN3S. The Labute approximate surface area is 119 Å². The van der Waals surface area contributed by atoms with Gasteiger partial charge in [-0.05, 0) is 59.5 Å². The summed E-state index contributed by atoms with van der Waals surface area (Å²) in [7, 11) is 0. The topological polar surface area (TPSA) is 37.8 Å². The quantitative estimate of drug-likeness (QED) is 0.847. The fourth-order valence-corrected chi connectivity index (χ4v) is 3.27. The van der Waals surface area contributed by atoms with Crippen LogP contribution < -0.4 is 5.32 Å². The number of aromatic nitrogens is 2. The third-order valence-electron chi connectivity index (χ3n) is 3.06. The molecule has 1 fully saturated rings. The zero-order valence-corrected chi connectivity index (χ0v) is 12.8. The molecule has 2 rings (SSSR count). The minimum Gasteiger partial charge on any atom is -0.366 e. The lowest BCUT2D eigenvalue weighted by molar-refractivity contribution is 0.472. The van der Waals surface area contributed by atoms with Gasteiger partial charge in [0.1, 0.15) is 5.82 Å². The van der Waals surface area contributed by atoms with Crippen molar-refractivity contribution in [2.75, 3.05) is 11.6 Å². The molecule has 17 heavy (non-hydrogen) atoms. The Hall–Kier alpha value is -0.000000000000000111. The summed E-state index contributed by atoms with van der Waals surface area (Å²) in [6.45, 7) is 0. The lowest BCUT2D eigenvalue weighted by atomic mass is 9.95. The van der Waals surface area contributed by atoms with Crippen LogP contribution in [0.1, 0.15) is 25.7 Å². The second-order valence-electron chi connectivity index (χ2n) is 4.19. The lowest BCUT2D eigenvalue weighted by Crippen LogP contribution is -2.27. The molecule has 0 unspecified atom stereocenters. The molecule has 1 N–H and O–H groups in total. The number of thioether (sulfide) groups is 1. The van der Waals surface area contributed by atoms with E-state index >= 15 is 0 Å². The van der Waals surface area contributed by atoms with Gasteiger partial charge in [-0.15, -0.1) is 0 Å². The predicted molar refractivity (Wildman–Crippen MR) is 77.9 cm³/mol. The summed E-state index contributed by atoms with van der Waals surface area (Å²) < 4.78 is 0.869. The standard InChI is InChI=1S/C11H15BrClN3S/c1-17-8-4-2-7(3-5-8)15-10-9(12)6-14-11(13)16-10/h6-8H,2-5H2,1H3,(H,14,15,16). The van der Waals surface area contributed by atoms with Crippen molar-refractivity contribution in [2.24, 2.45) is 0 Å². The summed E-state index contributed by atoms with van der Waals surface area (Å²) >= 11 is 11.2. The average Bonchev–Trinajstić information content (AvgIpc) is 2.35. The first kappa shape index (κ1) is 13.4. The molecule has 6 heteroatoms. The number of nitrogens with one attached hydrogen (secondary N) is 1. The van der Waals surface area contributed by atoms with Gasteiger partial charge in [0.25, 0.3) is 0 Å². The number of hydrogen-bond acceptors (Lipinski definition) is 4. The van der Waals surface area contributed by atoms with Crippen LogP contribution in [0.15, 0.2) is 10.7 Å². The average molecular weight is 337 g/mol. The van der Waals surface area contributed by atoms with E-state index in [4.69, 9.17) is 11.6 Å². The Morgan fingerprint density at radius 2 is 2.12 bits per heavy atom. The molecule has 0 atom stereocenters. The molecule has 0 bridgehead atoms. The van der Waals surface area contributed by atoms with Gasteiger partial charge >= 0.3 is 0 Å². The fourth-order valence-electron chi connectivity index (χ4n) is 2.08. The summed E-state index contributed by atoms with van der Waals surface area (Å²) in [5.41, 5.74) is 0. The highest BCUT2D eigenvalue weighted by Crippen LogP contribution is 2.30. The summed E-state index contributed by atoms with van der Waals surface area (Å²) in [5.74, 6) is 0.803. The van der Waals surface area contributed by atoms with Crippen molar-refractivity contribution in [1.82, 2.24) is 9.97 Å². The van der Waals surface area contributed by atoms with Crippen LogP contribution >= 0.6 is 39.3 Å². The van der Waals surface area contributed by atoms with E-state index in [0.717, 1.165) is 15.5 Å². The zero-order chi connectivity index (χ0) is 12.3. The summed E-state index contributed by atoms with van der Waals surface area (Å²) in [6, 6.07) is 0.501. The normalized spacial score (nSPS) is 24.6. The third kappa shape index (κ3) is 3.73. The van der Waals surface area contributed by atoms with Gasteiger partial charge < -0.3 is 5.32 Å². The maximum Gasteiger partial charge on any atom is 0.224 e. The van der Waals surface area contributed by atoms with Crippen LogP contribution in [0, 0.1) is 0 Å². The Kier molecular flexibility index (Phi) is 4.94. The second kappa shape index (κ2) is 6.25. The van der Waals surface area contributed by atoms with E-state index in [0.29, 0.717) is 6.04 Å². The number of halogens is 2. The number of anilines is 1. The first-order valence-corrected chi connectivity index (χ1v) is 8.12. The second-order valence-corrected chi connectivity index (χ2v) is 6.52. The first-order chi connectivity index (χ1) is 8.19. The maximum atomic E-state index is 5.79. The molecule has 0 saturated heterocycles. The Morgan fingerprint density at radius 1 is 1.41 bits per heavy atom. The molecule has 1 saturated carbocycles. The van der Waals surface area contributed by atoms with E-state index in [-0.39, 0.29) is 5.28 Å². The highest BCUT2D eigenvalue weighted by Gasteiger charge is 2.21. The van der Waals surface area contributed by atoms with Crippen LogP contribution in [-0.4, -0.2) is 27.5 Å². The molecule has 0 amide bonds. The largest absolute Gasteiger partial charge is 0.366 e. The Balaban J connectivity index is 1.95. The van der Waals surface area contributed by atoms with E-state index in [1.807, 2.05) is 11.8 Å². The van der Waals surface area contributed by atoms with Crippen LogP contribution in [0.2, 0.25) is 5.28 Å². The van der Waals surface area contributed by atoms with E-state index in [2.05, 4.69) is 37.5 Å². The summed E-state index contributed by atoms with van der Waals surface area (Å²) in [5, 5.41) is 4.55. The summed E-state index contributed by atoms with van der Waals surface area (Å²) in [4.78, 5) is 8.12. The molecule has 0 spiro atoms. The highest BCUT2D eigenvalue weighted by atomic mass is 79.9. The van der Waals surface area contributed by atoms with Crippen molar-refractivity contribution >= 4 is 45.1 Å². The van der Waals surface area contributed by atoms with Crippen LogP contribution in [0.25, 0.3) is 0 Å². The van der Waals surface area contributed by atoms with E-state index in [1.54, 1.807) is 6.20 Å². The monoisotopic (exact) mass is 335 g/mol. The van der Waals surface area contributed by atoms with E-state index < -0.39 is 0 Å². The van der Waals surface area contributed by atoms with Crippen LogP contribution in [0.4, 0.5) is 5.82 Å². The zero-order valence-electron chi connectivity index (χ0n) is 9.62. The number of nitrogens with zero attached hydrogens (tertiary/aromatic N) is 2. The van der Waals surface area contributed by atoms with Crippen molar-refractivity contribution in [1.29, 1.82) is 0 Å². The van der Waals surface area contributed by atoms with Gasteiger partial charge in [-0.2, -0.15) is 16.7 Å². The Morgan fingerprint density at radius 3 is 2.76 bits per heavy atom. The van der Waals surface area contributed by atoms with Crippen molar-refractivity contribution < 1.29 is 0 Å². The molecule has 1 aromatic rings. The third-order valence-corrected chi connectivity index (χ3v) is 4.96. The van der Waals surface area contributed by atoms with Gasteiger partial charge in [-0.1, -0.05) is 0 Å². The van der Waals surface area contributed by atoms with E-state index in [1.165, 1.54) is 25.7 Å². The van der Waals surface area contributed by atoms with Gasteiger partial charge in [0.05, 0.1) is 4.47 Å². The predicted octanol–water partition coefficient (Wildman–Crippen LogP) is 3.98. The minimum atomic E-state index is 0.286. The minimum absolute atomic E-state index is 0.286. The van der Waals surface area contributed by atoms with Gasteiger partial charge in [0, 0.05) is 17.5 Å². The van der Waals surface area contributed by atoms with Crippen LogP contribution in [0.5, 0.6) is 0 Å². The smallest absolute Gasteiger partial charge is 0.224 e. The van der Waals surface area contributed by atoms with Crippen LogP contribution in [0.3, 0.4) is 0 Å². The molecule has 0 aliphatic heterocycles. The highest BCUT2D eigenvalue weighted by molar-refractivity contribution is 9.10. The number of rotatable bonds is 3. The summed E-state index contributed by atoms with van der Waals surface area (Å²) in [6.07, 6.45) is 8.81. The molecule has 1 aliphatic carbocycles. The van der Waals surface area contributed by atoms with Gasteiger partial charge in [0.2, 0.25) is 5.28 Å². The van der Waals surface area contributed by atoms with Crippen molar-refractivity contribution in [3.05, 3.63) is 16.0 Å². The molecule has 0 radical (unpaired) electrons. The molecule has 1 aromatic heterocycles. The Bertz CT molecular complexity index is 383. The lowest BCUT2D eigenvalue weighted by Gasteiger charge is -2.28. The molecule has 1 heterocycles. The molecule has 94 valence electrons. The maximum absolute atomic E-state index is 5.79. The molecule has 1 aliphatic rings. The van der Waals surface area contributed by atoms with Gasteiger partial charge in [0.15, 0.2) is 0 Å². The van der Waals surface area contributed by atoms with Crippen molar-refractivity contribution in [3.8, 4) is 0 Å². The number of hydrogen-bond donors (Lipinski definition) is 1. The first-order valence-electron chi connectivity index (χ1n) is 5.66. The molecular weight excluding hydrogens is 322 g/mol. The SMILES string of the molecule is CSC1CCC(Nc2nc(Cl)ncc2Br)CC1. The van der Waals surface area contributed by atoms with Gasteiger partial charge in [-0.25, -0.2) is 4.98 Å². The van der Waals surface area contributed by atoms with Gasteiger partial charge in [-0.3, -0.25) is 0 Å². The van der Waals surface area contributed by atoms with Crippen molar-refractivity contribution in [2.45, 2.75) is 37.0 Å². The van der Waals surface area contributed by atoms with E-state index in [9.17, 15) is 0 Å². The fraction of sp³-hybridized carbons (Fsp3) is 0.636. The van der Waals surface area contributed by atoms with Crippen molar-refractivity contribution in [3.63, 3.8) is 0 Å². The molecule has 3 nitrogen and oxygen atoms in total. The van der Waals surface area contributed by atoms with Crippen LogP contribution in [-0.2, 0) is 0 Å².